The van der Waals surface area contributed by atoms with E-state index >= 15 is 0 Å². The molecule has 7 amide bonds. The summed E-state index contributed by atoms with van der Waals surface area (Å²) in [6, 6.07) is 4.83. The van der Waals surface area contributed by atoms with Crippen molar-refractivity contribution in [3.8, 4) is 0 Å². The molecule has 15 N–H and O–H groups in total. The fourth-order valence-corrected chi connectivity index (χ4v) is 11.9. The fourth-order valence-electron chi connectivity index (χ4n) is 9.74. The van der Waals surface area contributed by atoms with Gasteiger partial charge in [0.15, 0.2) is 5.78 Å². The van der Waals surface area contributed by atoms with Crippen LogP contribution < -0.4 is 59.7 Å². The van der Waals surface area contributed by atoms with Gasteiger partial charge in [0, 0.05) is 24.7 Å². The second kappa shape index (κ2) is 40.8. The van der Waals surface area contributed by atoms with E-state index in [0.717, 1.165) is 10.0 Å². The summed E-state index contributed by atoms with van der Waals surface area (Å²) in [7, 11) is 1.74. The van der Waals surface area contributed by atoms with Crippen molar-refractivity contribution in [3.63, 3.8) is 0 Å². The van der Waals surface area contributed by atoms with Gasteiger partial charge in [-0.15, -0.1) is 0 Å². The van der Waals surface area contributed by atoms with Crippen molar-refractivity contribution in [1.29, 1.82) is 0 Å². The van der Waals surface area contributed by atoms with Crippen molar-refractivity contribution in [2.75, 3.05) is 26.2 Å². The average molecular weight is 1270 g/mol. The normalized spacial score (nSPS) is 14.2. The number of nitrogens with zero attached hydrogens (tertiary/aromatic N) is 2. The number of nitrogens with two attached hydrogens (primary N) is 5. The van der Waals surface area contributed by atoms with Gasteiger partial charge in [-0.25, -0.2) is 0 Å². The van der Waals surface area contributed by atoms with Gasteiger partial charge in [0.2, 0.25) is 23.6 Å². The van der Waals surface area contributed by atoms with Crippen LogP contribution in [0.4, 0.5) is 0 Å². The molecule has 0 saturated carbocycles. The Labute approximate surface area is 513 Å². The van der Waals surface area contributed by atoms with Crippen molar-refractivity contribution in [2.24, 2.45) is 77.1 Å². The molecule has 480 valence electrons. The SMILES string of the molecule is CC(C)C[C@H](CC(=O)CNC(=O)[C@H](C[Se]c1cnn(C)c1)CC(=O)CNC(=O)CCC(=O)[C@H](Cc1ccccc1)NC(=O)[C@@H](N)CC(C)C)C(=O)N[C@@H](CC(C)C)C(=O)C[C@@H](CCCCN)C(=O)N[C@@H](CC(N)=O)C(=O)C[C@@H](CCCCN)C(N)=O. The van der Waals surface area contributed by atoms with E-state index in [-0.39, 0.29) is 114 Å². The van der Waals surface area contributed by atoms with Gasteiger partial charge in [0.05, 0.1) is 18.5 Å². The first kappa shape index (κ1) is 75.6. The van der Waals surface area contributed by atoms with Crippen molar-refractivity contribution in [3.05, 3.63) is 48.3 Å². The predicted octanol–water partition coefficient (Wildman–Crippen LogP) is 0.833. The molecule has 86 heavy (non-hydrogen) atoms. The minimum Gasteiger partial charge on any atom is -0.370 e. The Morgan fingerprint density at radius 1 is 0.558 bits per heavy atom. The van der Waals surface area contributed by atoms with Gasteiger partial charge in [-0.3, -0.25) is 28.8 Å². The molecule has 0 radical (unpaired) electrons. The van der Waals surface area contributed by atoms with Gasteiger partial charge in [-0.1, -0.05) is 70.9 Å². The van der Waals surface area contributed by atoms with Crippen LogP contribution in [0.15, 0.2) is 42.7 Å². The Balaban J connectivity index is 2.21. The first-order chi connectivity index (χ1) is 40.6. The smallest absolute Gasteiger partial charge is 0.370 e. The summed E-state index contributed by atoms with van der Waals surface area (Å²) in [5.74, 6) is -10.8. The summed E-state index contributed by atoms with van der Waals surface area (Å²) in [4.78, 5) is 161. The minimum absolute atomic E-state index is 0.0857. The van der Waals surface area contributed by atoms with Crippen LogP contribution in [-0.4, -0.2) is 145 Å². The zero-order valence-electron chi connectivity index (χ0n) is 51.5. The van der Waals surface area contributed by atoms with Crippen LogP contribution in [0.2, 0.25) is 5.32 Å². The first-order valence-corrected chi connectivity index (χ1v) is 32.1. The van der Waals surface area contributed by atoms with E-state index in [9.17, 15) is 57.5 Å². The number of ketones is 5. The molecule has 8 atom stereocenters. The first-order valence-electron chi connectivity index (χ1n) is 30.1. The molecule has 0 unspecified atom stereocenters. The second-order valence-electron chi connectivity index (χ2n) is 23.7. The Kier molecular flexibility index (Phi) is 35.8. The molecule has 24 nitrogen and oxygen atoms in total. The molecule has 0 saturated heterocycles. The van der Waals surface area contributed by atoms with Gasteiger partial charge in [-0.05, 0) is 62.6 Å². The Hall–Kier alpha value is -6.53. The molecule has 1 aromatic heterocycles. The van der Waals surface area contributed by atoms with Gasteiger partial charge < -0.3 is 34.0 Å². The number of Topliss-reactive ketones (excluding diaryl/α,β-unsaturated/α-hetero) is 5. The number of carbonyl (C=O) groups excluding carboxylic acids is 12. The number of unbranched alkanes of at least 4 members (excludes halogenated alkanes) is 2. The van der Waals surface area contributed by atoms with Crippen LogP contribution in [0, 0.1) is 41.4 Å². The van der Waals surface area contributed by atoms with E-state index in [2.05, 4.69) is 31.7 Å². The number of amides is 7. The van der Waals surface area contributed by atoms with Crippen molar-refractivity contribution in [2.45, 2.75) is 180 Å². The summed E-state index contributed by atoms with van der Waals surface area (Å²) >= 11 is -0.332. The summed E-state index contributed by atoms with van der Waals surface area (Å²) in [6.45, 7) is 11.1. The van der Waals surface area contributed by atoms with E-state index in [1.54, 1.807) is 24.1 Å². The molecule has 25 heteroatoms. The van der Waals surface area contributed by atoms with E-state index in [0.29, 0.717) is 45.2 Å². The third-order valence-electron chi connectivity index (χ3n) is 14.4. The molecule has 0 aliphatic heterocycles. The summed E-state index contributed by atoms with van der Waals surface area (Å²) < 4.78 is 2.46. The third kappa shape index (κ3) is 31.2. The summed E-state index contributed by atoms with van der Waals surface area (Å²) in [6.07, 6.45) is 4.58. The molecule has 2 aromatic rings. The zero-order valence-corrected chi connectivity index (χ0v) is 53.3. The van der Waals surface area contributed by atoms with E-state index in [1.807, 2.05) is 71.9 Å². The van der Waals surface area contributed by atoms with Crippen molar-refractivity contribution in [1.82, 2.24) is 36.4 Å². The Bertz CT molecular complexity index is 2540. The van der Waals surface area contributed by atoms with E-state index in [1.165, 1.54) is 0 Å². The van der Waals surface area contributed by atoms with Crippen LogP contribution in [0.3, 0.4) is 0 Å². The van der Waals surface area contributed by atoms with Gasteiger partial charge in [0.25, 0.3) is 0 Å². The topological polar surface area (TPSA) is 413 Å². The summed E-state index contributed by atoms with van der Waals surface area (Å²) in [5.41, 5.74) is 29.3. The van der Waals surface area contributed by atoms with Gasteiger partial charge in [-0.2, -0.15) is 0 Å². The molecule has 0 spiro atoms. The monoisotopic (exact) mass is 1270 g/mol. The van der Waals surface area contributed by atoms with E-state index in [4.69, 9.17) is 28.7 Å². The predicted molar refractivity (Wildman–Crippen MR) is 327 cm³/mol. The summed E-state index contributed by atoms with van der Waals surface area (Å²) in [5, 5.41) is 17.9. The van der Waals surface area contributed by atoms with Crippen molar-refractivity contribution >= 4 is 89.7 Å². The molecule has 0 aliphatic rings. The number of hydrogen-bond acceptors (Lipinski definition) is 16. The molecule has 0 fully saturated rings. The molecule has 0 bridgehead atoms. The molecule has 1 aromatic carbocycles. The Morgan fingerprint density at radius 2 is 1.09 bits per heavy atom. The number of aryl methyl sites for hydroxylation is 1. The Morgan fingerprint density at radius 3 is 1.65 bits per heavy atom. The van der Waals surface area contributed by atoms with Crippen LogP contribution in [0.1, 0.15) is 150 Å². The number of hydrogen-bond donors (Lipinski definition) is 10. The number of rotatable bonds is 47. The molecular weight excluding hydrogens is 1170 g/mol. The van der Waals surface area contributed by atoms with Crippen LogP contribution in [0.5, 0.6) is 0 Å². The van der Waals surface area contributed by atoms with Gasteiger partial charge >= 0.3 is 247 Å². The maximum atomic E-state index is 14.3. The molecular formula is C61H98N12O12Se. The second-order valence-corrected chi connectivity index (χ2v) is 26.0. The van der Waals surface area contributed by atoms with Gasteiger partial charge in [0.1, 0.15) is 0 Å². The number of nitrogens with one attached hydrogen (secondary N) is 5. The number of primary amides is 2. The van der Waals surface area contributed by atoms with Crippen LogP contribution in [-0.2, 0) is 71.0 Å². The van der Waals surface area contributed by atoms with Crippen LogP contribution >= 0.6 is 0 Å². The fraction of sp³-hybridized carbons (Fsp3) is 0.656. The molecule has 1 heterocycles. The number of benzene rings is 1. The van der Waals surface area contributed by atoms with E-state index < -0.39 is 132 Å². The zero-order chi connectivity index (χ0) is 64.5. The average Bonchev–Trinajstić information content (AvgIpc) is 3.65. The molecule has 2 rings (SSSR count). The quantitative estimate of drug-likeness (QED) is 0.0324. The third-order valence-corrected chi connectivity index (χ3v) is 16.7. The number of aromatic nitrogens is 2. The minimum atomic E-state index is -1.40. The maximum absolute atomic E-state index is 14.3. The standard InChI is InChI=1S/C61H98N12O12Se/c1-37(2)23-43(60(84)70-49(25-39(5)6)54(78)30-42(18-12-14-22-63)59(83)71-51(31-55(65)79)53(77)29-41(57(66)81)17-11-13-21-62)27-45(74)33-68-58(82)44(36-86-47-34-69-73(7)35-47)28-46(75)32-67-56(80)20-19-52(76)50(26-40-15-9-8-10-16-40)72-61(85)48(64)24-38(3)4/h8-10,15-16,34-35,37-39,41-44,48-51H,11-14,17-33,36,62-64H2,1-7H3,(H2,65,79)(H2,66,81)(H,67,80)(H,68,82)(H,70,84)(H,71,83)(H,72,85)/t41-,42-,43-,44+,48+,49+,50+,51+/m1/s1. The van der Waals surface area contributed by atoms with Crippen molar-refractivity contribution < 1.29 is 57.5 Å². The van der Waals surface area contributed by atoms with Crippen LogP contribution in [0.25, 0.3) is 0 Å². The number of carbonyl (C=O) groups is 12. The molecule has 0 aliphatic carbocycles.